The number of alkyl halides is 1. The first kappa shape index (κ1) is 12.2. The van der Waals surface area contributed by atoms with E-state index in [9.17, 15) is 0 Å². The van der Waals surface area contributed by atoms with Crippen molar-refractivity contribution in [2.24, 2.45) is 0 Å². The topological polar surface area (TPSA) is 24.6 Å². The summed E-state index contributed by atoms with van der Waals surface area (Å²) >= 11 is 5.27. The predicted molar refractivity (Wildman–Crippen MR) is 42.7 cm³/mol. The monoisotopic (exact) mass is 173 g/mol. The molecular formula is C5H13Cl2NO. The van der Waals surface area contributed by atoms with Gasteiger partial charge in [0.2, 0.25) is 0 Å². The zero-order chi connectivity index (χ0) is 6.41. The molecule has 1 heterocycles. The van der Waals surface area contributed by atoms with E-state index in [4.69, 9.17) is 16.3 Å². The lowest BCUT2D eigenvalue weighted by atomic mass is 10.6. The van der Waals surface area contributed by atoms with Gasteiger partial charge in [0.15, 0.2) is 0 Å². The summed E-state index contributed by atoms with van der Waals surface area (Å²) in [5.74, 6) is 0.667. The van der Waals surface area contributed by atoms with Gasteiger partial charge in [-0.15, -0.1) is 24.0 Å². The van der Waals surface area contributed by atoms with Crippen molar-refractivity contribution < 1.29 is 4.74 Å². The molecule has 0 radical (unpaired) electrons. The standard InChI is InChI=1S/C3H5ClO.C2H7N.ClH/c4-1-3-2-5-3;1-3-2;/h3H,1-2H2;3H,1-2H3;1H. The fourth-order valence-electron chi connectivity index (χ4n) is 0.157. The van der Waals surface area contributed by atoms with Crippen LogP contribution in [0, 0.1) is 0 Å². The molecule has 0 aromatic carbocycles. The Morgan fingerprint density at radius 1 is 1.67 bits per heavy atom. The molecule has 58 valence electrons. The number of halogens is 2. The number of nitrogens with one attached hydrogen (secondary N) is 1. The van der Waals surface area contributed by atoms with E-state index in [2.05, 4.69) is 5.32 Å². The van der Waals surface area contributed by atoms with Gasteiger partial charge in [-0.25, -0.2) is 0 Å². The van der Waals surface area contributed by atoms with Crippen LogP contribution >= 0.6 is 24.0 Å². The maximum atomic E-state index is 5.27. The Balaban J connectivity index is 0. The highest BCUT2D eigenvalue weighted by molar-refractivity contribution is 6.18. The molecule has 1 aliphatic rings. The molecule has 9 heavy (non-hydrogen) atoms. The lowest BCUT2D eigenvalue weighted by molar-refractivity contribution is 0.425. The molecule has 0 aromatic rings. The zero-order valence-corrected chi connectivity index (χ0v) is 7.26. The molecule has 1 rings (SSSR count). The van der Waals surface area contributed by atoms with Gasteiger partial charge in [-0.2, -0.15) is 0 Å². The second-order valence-corrected chi connectivity index (χ2v) is 1.92. The normalized spacial score (nSPS) is 21.0. The minimum absolute atomic E-state index is 0. The molecular weight excluding hydrogens is 161 g/mol. The van der Waals surface area contributed by atoms with Crippen molar-refractivity contribution in [1.29, 1.82) is 0 Å². The first-order chi connectivity index (χ1) is 3.85. The van der Waals surface area contributed by atoms with E-state index in [1.807, 2.05) is 14.1 Å². The van der Waals surface area contributed by atoms with E-state index in [-0.39, 0.29) is 12.4 Å². The van der Waals surface area contributed by atoms with Crippen LogP contribution in [0.15, 0.2) is 0 Å². The maximum Gasteiger partial charge on any atom is 0.0944 e. The molecule has 2 nitrogen and oxygen atoms in total. The van der Waals surface area contributed by atoms with E-state index >= 15 is 0 Å². The second-order valence-electron chi connectivity index (χ2n) is 1.61. The first-order valence-corrected chi connectivity index (χ1v) is 3.14. The van der Waals surface area contributed by atoms with E-state index in [0.29, 0.717) is 12.0 Å². The molecule has 0 amide bonds. The Bertz CT molecular complexity index is 50.2. The van der Waals surface area contributed by atoms with Gasteiger partial charge in [-0.05, 0) is 14.1 Å². The summed E-state index contributed by atoms with van der Waals surface area (Å²) in [6.45, 7) is 0.878. The SMILES string of the molecule is CNC.Cl.ClCC1CO1. The van der Waals surface area contributed by atoms with Crippen LogP contribution in [-0.2, 0) is 4.74 Å². The number of hydrogen-bond acceptors (Lipinski definition) is 2. The van der Waals surface area contributed by atoms with Gasteiger partial charge in [0, 0.05) is 0 Å². The largest absolute Gasteiger partial charge is 0.372 e. The van der Waals surface area contributed by atoms with Gasteiger partial charge in [-0.3, -0.25) is 0 Å². The molecule has 1 N–H and O–H groups in total. The van der Waals surface area contributed by atoms with Crippen LogP contribution in [0.5, 0.6) is 0 Å². The van der Waals surface area contributed by atoms with E-state index in [0.717, 1.165) is 6.61 Å². The third-order valence-corrected chi connectivity index (χ3v) is 0.919. The van der Waals surface area contributed by atoms with E-state index in [1.54, 1.807) is 0 Å². The smallest absolute Gasteiger partial charge is 0.0944 e. The molecule has 1 saturated heterocycles. The molecule has 1 atom stereocenters. The number of hydrogen-bond donors (Lipinski definition) is 1. The summed E-state index contributed by atoms with van der Waals surface area (Å²) in [6.07, 6.45) is 0.400. The highest BCUT2D eigenvalue weighted by atomic mass is 35.5. The number of rotatable bonds is 1. The van der Waals surface area contributed by atoms with Crippen LogP contribution in [0.1, 0.15) is 0 Å². The van der Waals surface area contributed by atoms with Gasteiger partial charge in [0.25, 0.3) is 0 Å². The summed E-state index contributed by atoms with van der Waals surface area (Å²) in [5.41, 5.74) is 0. The fourth-order valence-corrected chi connectivity index (χ4v) is 0.335. The maximum absolute atomic E-state index is 5.27. The van der Waals surface area contributed by atoms with Crippen molar-refractivity contribution in [3.8, 4) is 0 Å². The minimum atomic E-state index is 0. The molecule has 0 bridgehead atoms. The van der Waals surface area contributed by atoms with Gasteiger partial charge >= 0.3 is 0 Å². The summed E-state index contributed by atoms with van der Waals surface area (Å²) in [4.78, 5) is 0. The van der Waals surface area contributed by atoms with Crippen LogP contribution in [-0.4, -0.2) is 32.7 Å². The Hall–Kier alpha value is 0.500. The van der Waals surface area contributed by atoms with E-state index < -0.39 is 0 Å². The number of epoxide rings is 1. The van der Waals surface area contributed by atoms with Crippen LogP contribution in [0.4, 0.5) is 0 Å². The predicted octanol–water partition coefficient (Wildman–Crippen LogP) is 0.881. The van der Waals surface area contributed by atoms with Gasteiger partial charge in [0.05, 0.1) is 18.6 Å². The van der Waals surface area contributed by atoms with Crippen molar-refractivity contribution in [2.45, 2.75) is 6.10 Å². The highest BCUT2D eigenvalue weighted by Crippen LogP contribution is 2.08. The van der Waals surface area contributed by atoms with Gasteiger partial charge < -0.3 is 10.1 Å². The van der Waals surface area contributed by atoms with Crippen molar-refractivity contribution >= 4 is 24.0 Å². The molecule has 0 saturated carbocycles. The Morgan fingerprint density at radius 3 is 2.00 bits per heavy atom. The zero-order valence-electron chi connectivity index (χ0n) is 5.69. The average molecular weight is 174 g/mol. The third-order valence-electron chi connectivity index (χ3n) is 0.574. The Labute approximate surface area is 67.3 Å². The van der Waals surface area contributed by atoms with Crippen molar-refractivity contribution in [2.75, 3.05) is 26.6 Å². The Morgan fingerprint density at radius 2 is 2.00 bits per heavy atom. The van der Waals surface area contributed by atoms with Crippen LogP contribution in [0.25, 0.3) is 0 Å². The molecule has 0 spiro atoms. The highest BCUT2D eigenvalue weighted by Gasteiger charge is 2.19. The summed E-state index contributed by atoms with van der Waals surface area (Å²) in [5, 5.41) is 2.75. The van der Waals surface area contributed by atoms with E-state index in [1.165, 1.54) is 0 Å². The second kappa shape index (κ2) is 8.50. The van der Waals surface area contributed by atoms with Crippen LogP contribution < -0.4 is 5.32 Å². The molecule has 4 heteroatoms. The van der Waals surface area contributed by atoms with Crippen LogP contribution in [0.2, 0.25) is 0 Å². The lowest BCUT2D eigenvalue weighted by Gasteiger charge is -1.67. The number of ether oxygens (including phenoxy) is 1. The quantitative estimate of drug-likeness (QED) is 0.471. The Kier molecular flexibility index (Phi) is 11.5. The summed E-state index contributed by atoms with van der Waals surface area (Å²) in [6, 6.07) is 0. The van der Waals surface area contributed by atoms with Crippen molar-refractivity contribution in [3.63, 3.8) is 0 Å². The average Bonchev–Trinajstić information content (AvgIpc) is 2.48. The molecule has 1 unspecified atom stereocenters. The van der Waals surface area contributed by atoms with Crippen molar-refractivity contribution in [1.82, 2.24) is 5.32 Å². The molecule has 1 fully saturated rings. The fraction of sp³-hybridized carbons (Fsp3) is 1.00. The van der Waals surface area contributed by atoms with Crippen LogP contribution in [0.3, 0.4) is 0 Å². The summed E-state index contributed by atoms with van der Waals surface area (Å²) < 4.78 is 4.73. The van der Waals surface area contributed by atoms with Gasteiger partial charge in [-0.1, -0.05) is 0 Å². The minimum Gasteiger partial charge on any atom is -0.372 e. The molecule has 0 aromatic heterocycles. The summed E-state index contributed by atoms with van der Waals surface area (Å²) in [7, 11) is 3.75. The third kappa shape index (κ3) is 11.9. The molecule has 1 aliphatic heterocycles. The molecule has 0 aliphatic carbocycles. The van der Waals surface area contributed by atoms with Crippen molar-refractivity contribution in [3.05, 3.63) is 0 Å². The lowest BCUT2D eigenvalue weighted by Crippen LogP contribution is -1.89. The first-order valence-electron chi connectivity index (χ1n) is 2.61. The van der Waals surface area contributed by atoms with Gasteiger partial charge in [0.1, 0.15) is 0 Å².